The highest BCUT2D eigenvalue weighted by molar-refractivity contribution is 7.92. The van der Waals surface area contributed by atoms with Gasteiger partial charge in [0.2, 0.25) is 11.8 Å². The topological polar surface area (TPSA) is 86.8 Å². The van der Waals surface area contributed by atoms with Crippen molar-refractivity contribution in [1.29, 1.82) is 0 Å². The molecule has 3 rings (SSSR count). The fourth-order valence-corrected chi connectivity index (χ4v) is 5.33. The van der Waals surface area contributed by atoms with Crippen molar-refractivity contribution in [2.75, 3.05) is 10.8 Å². The molecule has 0 saturated carbocycles. The Morgan fingerprint density at radius 2 is 1.53 bits per heavy atom. The lowest BCUT2D eigenvalue weighted by molar-refractivity contribution is -0.139. The molecule has 0 spiro atoms. The summed E-state index contributed by atoms with van der Waals surface area (Å²) in [5.74, 6) is -1.37. The third-order valence-corrected chi connectivity index (χ3v) is 7.83. The van der Waals surface area contributed by atoms with E-state index in [4.69, 9.17) is 0 Å². The Hall–Kier alpha value is -3.72. The molecule has 0 bridgehead atoms. The monoisotopic (exact) mass is 539 g/mol. The Morgan fingerprint density at radius 3 is 2.11 bits per heavy atom. The van der Waals surface area contributed by atoms with Crippen LogP contribution < -0.4 is 9.62 Å². The first kappa shape index (κ1) is 28.8. The van der Waals surface area contributed by atoms with Gasteiger partial charge in [-0.15, -0.1) is 0 Å². The zero-order chi connectivity index (χ0) is 28.0. The number of carbonyl (C=O) groups excluding carboxylic acids is 2. The molecule has 0 saturated heterocycles. The molecule has 0 heterocycles. The van der Waals surface area contributed by atoms with Crippen LogP contribution in [0.15, 0.2) is 77.7 Å². The summed E-state index contributed by atoms with van der Waals surface area (Å²) in [6.07, 6.45) is 0. The van der Waals surface area contributed by atoms with Gasteiger partial charge < -0.3 is 10.2 Å². The number of anilines is 1. The van der Waals surface area contributed by atoms with Crippen LogP contribution in [0.4, 0.5) is 10.1 Å². The van der Waals surface area contributed by atoms with Crippen molar-refractivity contribution in [3.05, 3.63) is 95.3 Å². The molecule has 0 radical (unpaired) electrons. The molecule has 38 heavy (non-hydrogen) atoms. The zero-order valence-corrected chi connectivity index (χ0v) is 23.1. The Bertz CT molecular complexity index is 1370. The van der Waals surface area contributed by atoms with E-state index in [2.05, 4.69) is 5.32 Å². The maximum Gasteiger partial charge on any atom is 0.264 e. The third-order valence-electron chi connectivity index (χ3n) is 6.04. The minimum Gasteiger partial charge on any atom is -0.352 e. The van der Waals surface area contributed by atoms with Gasteiger partial charge in [0.25, 0.3) is 10.0 Å². The highest BCUT2D eigenvalue weighted by Gasteiger charge is 2.32. The summed E-state index contributed by atoms with van der Waals surface area (Å²) in [5, 5.41) is 2.80. The molecule has 0 aliphatic carbocycles. The lowest BCUT2D eigenvalue weighted by atomic mass is 10.1. The SMILES string of the molecule is Cc1ccc(S(=O)(=O)N(CC(=O)N(Cc2ccc(F)cc2)[C@@H](C)C(=O)NC(C)C)c2cccc(C)c2)cc1. The van der Waals surface area contributed by atoms with E-state index in [1.807, 2.05) is 33.8 Å². The molecule has 1 N–H and O–H groups in total. The summed E-state index contributed by atoms with van der Waals surface area (Å²) in [7, 11) is -4.12. The Morgan fingerprint density at radius 1 is 0.895 bits per heavy atom. The Labute approximate surface area is 224 Å². The zero-order valence-electron chi connectivity index (χ0n) is 22.3. The lowest BCUT2D eigenvalue weighted by Gasteiger charge is -2.32. The fraction of sp³-hybridized carbons (Fsp3) is 0.310. The highest BCUT2D eigenvalue weighted by atomic mass is 32.2. The number of amides is 2. The first-order chi connectivity index (χ1) is 17.9. The number of sulfonamides is 1. The van der Waals surface area contributed by atoms with Gasteiger partial charge in [-0.1, -0.05) is 42.0 Å². The van der Waals surface area contributed by atoms with Crippen LogP contribution >= 0.6 is 0 Å². The van der Waals surface area contributed by atoms with Gasteiger partial charge in [0.1, 0.15) is 18.4 Å². The van der Waals surface area contributed by atoms with Crippen molar-refractivity contribution in [1.82, 2.24) is 10.2 Å². The van der Waals surface area contributed by atoms with Crippen molar-refractivity contribution in [3.8, 4) is 0 Å². The summed E-state index contributed by atoms with van der Waals surface area (Å²) >= 11 is 0. The van der Waals surface area contributed by atoms with Gasteiger partial charge in [-0.2, -0.15) is 0 Å². The van der Waals surface area contributed by atoms with Crippen LogP contribution in [-0.4, -0.2) is 43.8 Å². The van der Waals surface area contributed by atoms with Crippen molar-refractivity contribution in [2.45, 2.75) is 58.1 Å². The number of halogens is 1. The van der Waals surface area contributed by atoms with E-state index in [0.717, 1.165) is 15.4 Å². The predicted octanol–water partition coefficient (Wildman–Crippen LogP) is 4.58. The summed E-state index contributed by atoms with van der Waals surface area (Å²) in [6.45, 7) is 8.37. The van der Waals surface area contributed by atoms with Crippen LogP contribution in [0.1, 0.15) is 37.5 Å². The van der Waals surface area contributed by atoms with Crippen LogP contribution in [-0.2, 0) is 26.2 Å². The smallest absolute Gasteiger partial charge is 0.264 e. The van der Waals surface area contributed by atoms with Crippen molar-refractivity contribution < 1.29 is 22.4 Å². The third kappa shape index (κ3) is 7.19. The standard InChI is InChI=1S/C29H34FN3O4S/c1-20(2)31-29(35)23(5)32(18-24-11-13-25(30)14-12-24)28(34)19-33(26-8-6-7-22(4)17-26)38(36,37)27-15-9-21(3)10-16-27/h6-17,20,23H,18-19H2,1-5H3,(H,31,35)/t23-/m0/s1. The number of aryl methyl sites for hydroxylation is 2. The van der Waals surface area contributed by atoms with E-state index in [1.165, 1.54) is 41.3 Å². The number of benzene rings is 3. The van der Waals surface area contributed by atoms with E-state index in [1.54, 1.807) is 37.3 Å². The molecule has 2 amide bonds. The average Bonchev–Trinajstić information content (AvgIpc) is 2.86. The molecule has 0 unspecified atom stereocenters. The summed E-state index contributed by atoms with van der Waals surface area (Å²) < 4.78 is 42.2. The maximum absolute atomic E-state index is 13.8. The molecular weight excluding hydrogens is 505 g/mol. The second-order valence-corrected chi connectivity index (χ2v) is 11.5. The second kappa shape index (κ2) is 12.2. The van der Waals surface area contributed by atoms with Gasteiger partial charge in [0.05, 0.1) is 10.6 Å². The predicted molar refractivity (Wildman–Crippen MR) is 147 cm³/mol. The lowest BCUT2D eigenvalue weighted by Crippen LogP contribution is -2.52. The van der Waals surface area contributed by atoms with Crippen LogP contribution in [0.25, 0.3) is 0 Å². The fourth-order valence-electron chi connectivity index (χ4n) is 3.92. The summed E-state index contributed by atoms with van der Waals surface area (Å²) in [4.78, 5) is 28.1. The number of rotatable bonds is 10. The maximum atomic E-state index is 13.8. The van der Waals surface area contributed by atoms with Gasteiger partial charge in [-0.3, -0.25) is 13.9 Å². The minimum absolute atomic E-state index is 0.00195. The first-order valence-corrected chi connectivity index (χ1v) is 13.8. The first-order valence-electron chi connectivity index (χ1n) is 12.4. The molecule has 0 aliphatic rings. The van der Waals surface area contributed by atoms with E-state index >= 15 is 0 Å². The Balaban J connectivity index is 2.03. The molecule has 0 aromatic heterocycles. The number of carbonyl (C=O) groups is 2. The van der Waals surface area contributed by atoms with Crippen LogP contribution in [0.3, 0.4) is 0 Å². The van der Waals surface area contributed by atoms with Crippen molar-refractivity contribution >= 4 is 27.5 Å². The van der Waals surface area contributed by atoms with Gasteiger partial charge >= 0.3 is 0 Å². The Kier molecular flexibility index (Phi) is 9.27. The number of hydrogen-bond donors (Lipinski definition) is 1. The molecule has 0 fully saturated rings. The number of nitrogens with one attached hydrogen (secondary N) is 1. The molecular formula is C29H34FN3O4S. The largest absolute Gasteiger partial charge is 0.352 e. The molecule has 9 heteroatoms. The quantitative estimate of drug-likeness (QED) is 0.409. The van der Waals surface area contributed by atoms with Crippen LogP contribution in [0, 0.1) is 19.7 Å². The molecule has 0 aliphatic heterocycles. The molecule has 3 aromatic rings. The van der Waals surface area contributed by atoms with Gasteiger partial charge in [0, 0.05) is 12.6 Å². The van der Waals surface area contributed by atoms with Crippen LogP contribution in [0.5, 0.6) is 0 Å². The van der Waals surface area contributed by atoms with E-state index in [-0.39, 0.29) is 23.4 Å². The van der Waals surface area contributed by atoms with Crippen molar-refractivity contribution in [3.63, 3.8) is 0 Å². The highest BCUT2D eigenvalue weighted by Crippen LogP contribution is 2.25. The average molecular weight is 540 g/mol. The summed E-state index contributed by atoms with van der Waals surface area (Å²) in [5.41, 5.74) is 2.66. The second-order valence-electron chi connectivity index (χ2n) is 9.65. The van der Waals surface area contributed by atoms with Gasteiger partial charge in [-0.05, 0) is 82.1 Å². The van der Waals surface area contributed by atoms with Crippen LogP contribution in [0.2, 0.25) is 0 Å². The molecule has 202 valence electrons. The molecule has 1 atom stereocenters. The van der Waals surface area contributed by atoms with Crippen molar-refractivity contribution in [2.24, 2.45) is 0 Å². The number of hydrogen-bond acceptors (Lipinski definition) is 4. The van der Waals surface area contributed by atoms with E-state index in [9.17, 15) is 22.4 Å². The minimum atomic E-state index is -4.12. The summed E-state index contributed by atoms with van der Waals surface area (Å²) in [6, 6.07) is 17.8. The van der Waals surface area contributed by atoms with Gasteiger partial charge in [0.15, 0.2) is 0 Å². The molecule has 3 aromatic carbocycles. The van der Waals surface area contributed by atoms with Gasteiger partial charge in [-0.25, -0.2) is 12.8 Å². The molecule has 7 nitrogen and oxygen atoms in total. The number of nitrogens with zero attached hydrogens (tertiary/aromatic N) is 2. The van der Waals surface area contributed by atoms with E-state index in [0.29, 0.717) is 11.3 Å². The van der Waals surface area contributed by atoms with E-state index < -0.39 is 34.3 Å². The normalized spacial score (nSPS) is 12.2.